The Kier molecular flexibility index (Phi) is 8.96. The van der Waals surface area contributed by atoms with Gasteiger partial charge in [-0.3, -0.25) is 19.3 Å². The number of amides is 3. The first-order valence-electron chi connectivity index (χ1n) is 13.9. The van der Waals surface area contributed by atoms with E-state index in [1.165, 1.54) is 0 Å². The topological polar surface area (TPSA) is 103 Å². The van der Waals surface area contributed by atoms with Gasteiger partial charge in [0.25, 0.3) is 0 Å². The van der Waals surface area contributed by atoms with E-state index in [4.69, 9.17) is 9.47 Å². The van der Waals surface area contributed by atoms with Gasteiger partial charge in [0.05, 0.1) is 30.7 Å². The van der Waals surface area contributed by atoms with Crippen LogP contribution in [0.25, 0.3) is 0 Å². The highest BCUT2D eigenvalue weighted by molar-refractivity contribution is 5.99. The molecule has 4 saturated heterocycles. The number of hydrogen-bond donors (Lipinski definition) is 1. The zero-order valence-electron chi connectivity index (χ0n) is 23.0. The third-order valence-electron chi connectivity index (χ3n) is 8.81. The predicted molar refractivity (Wildman–Crippen MR) is 142 cm³/mol. The normalized spacial score (nSPS) is 32.3. The van der Waals surface area contributed by atoms with E-state index in [0.717, 1.165) is 13.1 Å². The van der Waals surface area contributed by atoms with Gasteiger partial charge in [-0.2, -0.15) is 0 Å². The van der Waals surface area contributed by atoms with E-state index in [-0.39, 0.29) is 24.3 Å². The second-order valence-electron chi connectivity index (χ2n) is 11.2. The Morgan fingerprint density at radius 1 is 1.11 bits per heavy atom. The van der Waals surface area contributed by atoms with E-state index in [2.05, 4.69) is 18.1 Å². The number of aliphatic hydroxyl groups excluding tert-OH is 1. The zero-order valence-corrected chi connectivity index (χ0v) is 23.0. The molecule has 0 aromatic carbocycles. The molecule has 10 heteroatoms. The van der Waals surface area contributed by atoms with Gasteiger partial charge in [0, 0.05) is 59.5 Å². The third kappa shape index (κ3) is 5.03. The zero-order chi connectivity index (χ0) is 27.5. The van der Waals surface area contributed by atoms with Crippen molar-refractivity contribution >= 4 is 17.7 Å². The van der Waals surface area contributed by atoms with Crippen LogP contribution in [0.3, 0.4) is 0 Å². The standard InChI is InChI=1S/C28H44N4O6/c1-5-11-29(4)24(34)21-22-25(35)32(13-7-8-18-33)23(28(22)10-9-27(21,3)38-28)26(36)31(12-6-2)15-14-30-16-19-37-20-17-30/h5-6,21-23,33H,1-2,7-20H2,3-4H3/t21-,22+,23?,27+,28?/m1/s1. The summed E-state index contributed by atoms with van der Waals surface area (Å²) in [6.07, 6.45) is 5.63. The van der Waals surface area contributed by atoms with Crippen molar-refractivity contribution in [3.63, 3.8) is 0 Å². The molecule has 1 spiro atoms. The second kappa shape index (κ2) is 11.9. The molecule has 2 bridgehead atoms. The highest BCUT2D eigenvalue weighted by Crippen LogP contribution is 2.63. The number of morpholine rings is 1. The largest absolute Gasteiger partial charge is 0.396 e. The summed E-state index contributed by atoms with van der Waals surface area (Å²) in [4.78, 5) is 49.3. The van der Waals surface area contributed by atoms with E-state index in [0.29, 0.717) is 71.6 Å². The lowest BCUT2D eigenvalue weighted by Crippen LogP contribution is -2.57. The van der Waals surface area contributed by atoms with Crippen molar-refractivity contribution in [3.05, 3.63) is 25.3 Å². The van der Waals surface area contributed by atoms with Crippen molar-refractivity contribution < 1.29 is 29.0 Å². The first-order valence-corrected chi connectivity index (χ1v) is 13.9. The highest BCUT2D eigenvalue weighted by Gasteiger charge is 2.78. The predicted octanol–water partition coefficient (Wildman–Crippen LogP) is 0.515. The van der Waals surface area contributed by atoms with Gasteiger partial charge in [0.15, 0.2) is 0 Å². The van der Waals surface area contributed by atoms with E-state index in [1.807, 2.05) is 6.92 Å². The molecule has 2 unspecified atom stereocenters. The summed E-state index contributed by atoms with van der Waals surface area (Å²) < 4.78 is 12.2. The Hall–Kier alpha value is -2.27. The molecule has 1 N–H and O–H groups in total. The number of hydrogen-bond acceptors (Lipinski definition) is 7. The number of likely N-dealkylation sites (tertiary alicyclic amines) is 1. The molecule has 4 aliphatic rings. The lowest BCUT2D eigenvalue weighted by Gasteiger charge is -2.37. The molecule has 4 heterocycles. The maximum atomic E-state index is 14.3. The Labute approximate surface area is 226 Å². The Morgan fingerprint density at radius 2 is 1.82 bits per heavy atom. The number of likely N-dealkylation sites (N-methyl/N-ethyl adjacent to an activating group) is 1. The average Bonchev–Trinajstić information content (AvgIpc) is 3.47. The molecule has 4 rings (SSSR count). The Bertz CT molecular complexity index is 923. The van der Waals surface area contributed by atoms with Crippen molar-refractivity contribution in [2.75, 3.05) is 72.7 Å². The summed E-state index contributed by atoms with van der Waals surface area (Å²) in [5.41, 5.74) is -1.85. The lowest BCUT2D eigenvalue weighted by atomic mass is 9.66. The molecular formula is C28H44N4O6. The maximum absolute atomic E-state index is 14.3. The molecule has 212 valence electrons. The molecule has 3 amide bonds. The fourth-order valence-corrected chi connectivity index (χ4v) is 6.94. The van der Waals surface area contributed by atoms with E-state index < -0.39 is 29.1 Å². The van der Waals surface area contributed by atoms with Crippen molar-refractivity contribution in [3.8, 4) is 0 Å². The number of aliphatic hydroxyl groups is 1. The maximum Gasteiger partial charge on any atom is 0.248 e. The summed E-state index contributed by atoms with van der Waals surface area (Å²) in [6, 6.07) is -0.812. The molecule has 5 atom stereocenters. The summed E-state index contributed by atoms with van der Waals surface area (Å²) in [5.74, 6) is -1.87. The van der Waals surface area contributed by atoms with Crippen LogP contribution in [-0.2, 0) is 23.9 Å². The van der Waals surface area contributed by atoms with Gasteiger partial charge in [0.2, 0.25) is 17.7 Å². The molecule has 0 aromatic heterocycles. The first-order chi connectivity index (χ1) is 18.2. The SMILES string of the molecule is C=CCN(C)C(=O)[C@H]1[C@H]2C(=O)N(CCCCO)C(C(=O)N(CC=C)CCN3CCOCC3)C23CC[C@]1(C)O3. The van der Waals surface area contributed by atoms with Crippen molar-refractivity contribution in [1.82, 2.24) is 19.6 Å². The lowest BCUT2D eigenvalue weighted by molar-refractivity contribution is -0.153. The van der Waals surface area contributed by atoms with Gasteiger partial charge in [-0.15, -0.1) is 13.2 Å². The molecule has 4 fully saturated rings. The van der Waals surface area contributed by atoms with Crippen molar-refractivity contribution in [2.45, 2.75) is 49.9 Å². The number of rotatable bonds is 13. The fraction of sp³-hybridized carbons (Fsp3) is 0.750. The molecule has 0 aromatic rings. The van der Waals surface area contributed by atoms with Gasteiger partial charge in [-0.25, -0.2) is 0 Å². The van der Waals surface area contributed by atoms with E-state index >= 15 is 0 Å². The highest BCUT2D eigenvalue weighted by atomic mass is 16.5. The Balaban J connectivity index is 1.65. The molecule has 0 saturated carbocycles. The molecule has 38 heavy (non-hydrogen) atoms. The van der Waals surface area contributed by atoms with Gasteiger partial charge in [-0.05, 0) is 32.6 Å². The monoisotopic (exact) mass is 532 g/mol. The number of carbonyl (C=O) groups is 3. The second-order valence-corrected chi connectivity index (χ2v) is 11.2. The van der Waals surface area contributed by atoms with E-state index in [9.17, 15) is 19.5 Å². The van der Waals surface area contributed by atoms with Crippen LogP contribution in [0.5, 0.6) is 0 Å². The van der Waals surface area contributed by atoms with Crippen molar-refractivity contribution in [1.29, 1.82) is 0 Å². The van der Waals surface area contributed by atoms with Crippen LogP contribution in [0.1, 0.15) is 32.6 Å². The molecular weight excluding hydrogens is 488 g/mol. The summed E-state index contributed by atoms with van der Waals surface area (Å²) in [5, 5.41) is 9.37. The summed E-state index contributed by atoms with van der Waals surface area (Å²) >= 11 is 0. The van der Waals surface area contributed by atoms with E-state index in [1.54, 1.807) is 33.9 Å². The quantitative estimate of drug-likeness (QED) is 0.272. The summed E-state index contributed by atoms with van der Waals surface area (Å²) in [6.45, 7) is 14.8. The number of fused-ring (bicyclic) bond motifs is 1. The number of nitrogens with zero attached hydrogens (tertiary/aromatic N) is 4. The minimum absolute atomic E-state index is 0.0133. The van der Waals surface area contributed by atoms with Crippen molar-refractivity contribution in [2.24, 2.45) is 11.8 Å². The van der Waals surface area contributed by atoms with Crippen LogP contribution >= 0.6 is 0 Å². The van der Waals surface area contributed by atoms with Gasteiger partial charge in [0.1, 0.15) is 11.6 Å². The molecule has 0 radical (unpaired) electrons. The number of unbranched alkanes of at least 4 members (excludes halogenated alkanes) is 1. The van der Waals surface area contributed by atoms with Gasteiger partial charge >= 0.3 is 0 Å². The molecule has 10 nitrogen and oxygen atoms in total. The number of ether oxygens (including phenoxy) is 2. The van der Waals surface area contributed by atoms with Crippen LogP contribution in [0.4, 0.5) is 0 Å². The van der Waals surface area contributed by atoms with Crippen LogP contribution in [0.2, 0.25) is 0 Å². The molecule has 0 aliphatic carbocycles. The number of carbonyl (C=O) groups excluding carboxylic acids is 3. The Morgan fingerprint density at radius 3 is 2.47 bits per heavy atom. The average molecular weight is 533 g/mol. The minimum Gasteiger partial charge on any atom is -0.396 e. The summed E-state index contributed by atoms with van der Waals surface area (Å²) in [7, 11) is 1.71. The van der Waals surface area contributed by atoms with Gasteiger partial charge in [-0.1, -0.05) is 12.2 Å². The molecule has 4 aliphatic heterocycles. The third-order valence-corrected chi connectivity index (χ3v) is 8.81. The van der Waals surface area contributed by atoms with Gasteiger partial charge < -0.3 is 29.3 Å². The smallest absolute Gasteiger partial charge is 0.248 e. The van der Waals surface area contributed by atoms with Crippen LogP contribution in [0, 0.1) is 11.8 Å². The fourth-order valence-electron chi connectivity index (χ4n) is 6.94. The van der Waals surface area contributed by atoms with Crippen LogP contribution in [-0.4, -0.2) is 132 Å². The van der Waals surface area contributed by atoms with Crippen LogP contribution < -0.4 is 0 Å². The minimum atomic E-state index is -1.05. The first kappa shape index (κ1) is 28.7. The van der Waals surface area contributed by atoms with Crippen LogP contribution in [0.15, 0.2) is 25.3 Å².